The van der Waals surface area contributed by atoms with Crippen molar-refractivity contribution in [3.63, 3.8) is 0 Å². The predicted octanol–water partition coefficient (Wildman–Crippen LogP) is 3.20. The molecular weight excluding hydrogens is 409 g/mol. The summed E-state index contributed by atoms with van der Waals surface area (Å²) in [6.07, 6.45) is -4.53. The summed E-state index contributed by atoms with van der Waals surface area (Å²) in [5, 5.41) is 2.45. The molecule has 164 valence electrons. The first-order valence-electron chi connectivity index (χ1n) is 10.1. The van der Waals surface area contributed by atoms with Crippen LogP contribution in [0.3, 0.4) is 0 Å². The maximum atomic E-state index is 13.2. The molecule has 1 atom stereocenters. The fourth-order valence-electron chi connectivity index (χ4n) is 4.05. The number of benzene rings is 2. The maximum absolute atomic E-state index is 13.2. The Kier molecular flexibility index (Phi) is 5.62. The van der Waals surface area contributed by atoms with Crippen LogP contribution in [0.1, 0.15) is 12.5 Å². The molecule has 2 aromatic carbocycles. The fraction of sp³-hybridized carbons (Fsp3) is 0.364. The van der Waals surface area contributed by atoms with E-state index in [-0.39, 0.29) is 23.8 Å². The van der Waals surface area contributed by atoms with Crippen LogP contribution in [0.25, 0.3) is 0 Å². The molecule has 31 heavy (non-hydrogen) atoms. The Morgan fingerprint density at radius 2 is 1.71 bits per heavy atom. The molecule has 0 saturated carbocycles. The molecule has 1 unspecified atom stereocenters. The molecule has 2 aliphatic heterocycles. The zero-order chi connectivity index (χ0) is 22.2. The molecule has 1 N–H and O–H groups in total. The van der Waals surface area contributed by atoms with Crippen LogP contribution in [0, 0.1) is 0 Å². The largest absolute Gasteiger partial charge is 0.416 e. The van der Waals surface area contributed by atoms with Crippen molar-refractivity contribution < 1.29 is 22.8 Å². The lowest BCUT2D eigenvalue weighted by molar-refractivity contribution is -0.137. The zero-order valence-corrected chi connectivity index (χ0v) is 17.0. The number of carbonyl (C=O) groups excluding carboxylic acids is 2. The molecule has 2 aliphatic rings. The Labute approximate surface area is 178 Å². The number of piperazine rings is 1. The summed E-state index contributed by atoms with van der Waals surface area (Å²) in [7, 11) is 0. The molecular formula is C22H23F3N4O2. The van der Waals surface area contributed by atoms with Gasteiger partial charge in [-0.1, -0.05) is 18.2 Å². The minimum Gasteiger partial charge on any atom is -0.369 e. The predicted molar refractivity (Wildman–Crippen MR) is 112 cm³/mol. The monoisotopic (exact) mass is 432 g/mol. The number of nitrogens with zero attached hydrogens (tertiary/aromatic N) is 3. The third kappa shape index (κ3) is 4.36. The Hall–Kier alpha value is -3.07. The van der Waals surface area contributed by atoms with Crippen LogP contribution in [-0.4, -0.2) is 55.5 Å². The van der Waals surface area contributed by atoms with Gasteiger partial charge in [-0.2, -0.15) is 13.2 Å². The van der Waals surface area contributed by atoms with E-state index in [1.165, 1.54) is 11.0 Å². The fourth-order valence-corrected chi connectivity index (χ4v) is 4.05. The number of amides is 2. The van der Waals surface area contributed by atoms with Crippen LogP contribution in [0.4, 0.5) is 30.2 Å². The van der Waals surface area contributed by atoms with Gasteiger partial charge < -0.3 is 10.2 Å². The van der Waals surface area contributed by atoms with E-state index in [0.29, 0.717) is 13.1 Å². The molecule has 0 bridgehead atoms. The zero-order valence-electron chi connectivity index (χ0n) is 17.0. The summed E-state index contributed by atoms with van der Waals surface area (Å²) >= 11 is 0. The van der Waals surface area contributed by atoms with E-state index in [9.17, 15) is 22.8 Å². The van der Waals surface area contributed by atoms with E-state index in [2.05, 4.69) is 10.2 Å². The topological polar surface area (TPSA) is 55.9 Å². The molecule has 0 aliphatic carbocycles. The van der Waals surface area contributed by atoms with Crippen molar-refractivity contribution in [2.75, 3.05) is 47.8 Å². The summed E-state index contributed by atoms with van der Waals surface area (Å²) in [4.78, 5) is 30.9. The lowest BCUT2D eigenvalue weighted by Gasteiger charge is -2.40. The molecule has 0 spiro atoms. The number of alkyl halides is 3. The number of hydrogen-bond donors (Lipinski definition) is 1. The van der Waals surface area contributed by atoms with Crippen molar-refractivity contribution in [2.24, 2.45) is 0 Å². The summed E-state index contributed by atoms with van der Waals surface area (Å²) < 4.78 is 39.1. The van der Waals surface area contributed by atoms with Gasteiger partial charge in [0.25, 0.3) is 0 Å². The summed E-state index contributed by atoms with van der Waals surface area (Å²) in [5.74, 6) is -0.815. The standard InChI is InChI=1S/C22H23F3N4O2/c1-15(27-9-11-28(12-10-27)17-5-3-2-4-6-17)21(31)29-14-20(30)26-18-13-16(22(23,24)25)7-8-19(18)29/h2-8,13,15H,9-12,14H2,1H3,(H,26,30). The summed E-state index contributed by atoms with van der Waals surface area (Å²) in [5.41, 5.74) is 0.544. The molecule has 4 rings (SSSR count). The number of rotatable bonds is 3. The molecule has 1 saturated heterocycles. The average Bonchev–Trinajstić information content (AvgIpc) is 2.77. The smallest absolute Gasteiger partial charge is 0.369 e. The minimum atomic E-state index is -4.53. The number of carbonyl (C=O) groups is 2. The number of halogens is 3. The number of anilines is 3. The van der Waals surface area contributed by atoms with Crippen molar-refractivity contribution in [1.29, 1.82) is 0 Å². The second-order valence-electron chi connectivity index (χ2n) is 7.74. The highest BCUT2D eigenvalue weighted by atomic mass is 19.4. The van der Waals surface area contributed by atoms with Crippen molar-refractivity contribution >= 4 is 28.9 Å². The number of hydrogen-bond acceptors (Lipinski definition) is 4. The first-order valence-corrected chi connectivity index (χ1v) is 10.1. The van der Waals surface area contributed by atoms with E-state index in [0.717, 1.165) is 30.9 Å². The molecule has 2 amide bonds. The third-order valence-electron chi connectivity index (χ3n) is 5.80. The Morgan fingerprint density at radius 3 is 2.35 bits per heavy atom. The molecule has 2 aromatic rings. The first kappa shape index (κ1) is 21.2. The van der Waals surface area contributed by atoms with Gasteiger partial charge in [-0.3, -0.25) is 19.4 Å². The number of para-hydroxylation sites is 1. The normalized spacial score (nSPS) is 18.4. The van der Waals surface area contributed by atoms with Gasteiger partial charge in [-0.05, 0) is 37.3 Å². The molecule has 0 radical (unpaired) electrons. The molecule has 1 fully saturated rings. The van der Waals surface area contributed by atoms with E-state index >= 15 is 0 Å². The first-order chi connectivity index (χ1) is 14.7. The van der Waals surface area contributed by atoms with Crippen LogP contribution in [0.15, 0.2) is 48.5 Å². The number of nitrogens with one attached hydrogen (secondary N) is 1. The van der Waals surface area contributed by atoms with Crippen LogP contribution in [0.2, 0.25) is 0 Å². The SMILES string of the molecule is CC(C(=O)N1CC(=O)Nc2cc(C(F)(F)F)ccc21)N1CCN(c2ccccc2)CC1. The molecule has 2 heterocycles. The molecule has 0 aromatic heterocycles. The van der Waals surface area contributed by atoms with Crippen molar-refractivity contribution in [3.8, 4) is 0 Å². The van der Waals surface area contributed by atoms with E-state index < -0.39 is 23.7 Å². The van der Waals surface area contributed by atoms with Gasteiger partial charge in [0.05, 0.1) is 23.0 Å². The van der Waals surface area contributed by atoms with E-state index in [1.54, 1.807) is 6.92 Å². The van der Waals surface area contributed by atoms with E-state index in [1.807, 2.05) is 35.2 Å². The van der Waals surface area contributed by atoms with Crippen molar-refractivity contribution in [1.82, 2.24) is 4.90 Å². The lowest BCUT2D eigenvalue weighted by Crippen LogP contribution is -2.56. The van der Waals surface area contributed by atoms with Crippen molar-refractivity contribution in [3.05, 3.63) is 54.1 Å². The Balaban J connectivity index is 1.48. The Bertz CT molecular complexity index is 972. The van der Waals surface area contributed by atoms with Crippen LogP contribution in [0.5, 0.6) is 0 Å². The Morgan fingerprint density at radius 1 is 1.03 bits per heavy atom. The third-order valence-corrected chi connectivity index (χ3v) is 5.80. The summed E-state index contributed by atoms with van der Waals surface area (Å²) in [6.45, 7) is 4.41. The van der Waals surface area contributed by atoms with E-state index in [4.69, 9.17) is 0 Å². The molecule has 9 heteroatoms. The quantitative estimate of drug-likeness (QED) is 0.810. The second kappa shape index (κ2) is 8.22. The van der Waals surface area contributed by atoms with Gasteiger partial charge in [-0.15, -0.1) is 0 Å². The van der Waals surface area contributed by atoms with Crippen LogP contribution >= 0.6 is 0 Å². The van der Waals surface area contributed by atoms with Gasteiger partial charge in [0.1, 0.15) is 6.54 Å². The van der Waals surface area contributed by atoms with Gasteiger partial charge >= 0.3 is 6.18 Å². The summed E-state index contributed by atoms with van der Waals surface area (Å²) in [6, 6.07) is 12.6. The highest BCUT2D eigenvalue weighted by Crippen LogP contribution is 2.37. The number of fused-ring (bicyclic) bond motifs is 1. The second-order valence-corrected chi connectivity index (χ2v) is 7.74. The van der Waals surface area contributed by atoms with Gasteiger partial charge in [0, 0.05) is 31.9 Å². The van der Waals surface area contributed by atoms with Gasteiger partial charge in [0.2, 0.25) is 11.8 Å². The van der Waals surface area contributed by atoms with Gasteiger partial charge in [0.15, 0.2) is 0 Å². The maximum Gasteiger partial charge on any atom is 0.416 e. The highest BCUT2D eigenvalue weighted by molar-refractivity contribution is 6.11. The van der Waals surface area contributed by atoms with Gasteiger partial charge in [-0.25, -0.2) is 0 Å². The van der Waals surface area contributed by atoms with Crippen LogP contribution < -0.4 is 15.1 Å². The average molecular weight is 432 g/mol. The van der Waals surface area contributed by atoms with Crippen molar-refractivity contribution in [2.45, 2.75) is 19.1 Å². The highest BCUT2D eigenvalue weighted by Gasteiger charge is 2.36. The molecule has 6 nitrogen and oxygen atoms in total. The lowest BCUT2D eigenvalue weighted by atomic mass is 10.1. The minimum absolute atomic E-state index is 0.000483. The van der Waals surface area contributed by atoms with Crippen LogP contribution in [-0.2, 0) is 15.8 Å².